The van der Waals surface area contributed by atoms with Crippen molar-refractivity contribution in [2.75, 3.05) is 11.4 Å². The number of carbonyl (C=O) groups excluding carboxylic acids is 1. The fourth-order valence-corrected chi connectivity index (χ4v) is 3.13. The molecule has 1 amide bonds. The number of rotatable bonds is 4. The summed E-state index contributed by atoms with van der Waals surface area (Å²) >= 11 is 0. The summed E-state index contributed by atoms with van der Waals surface area (Å²) in [6.45, 7) is 2.12. The van der Waals surface area contributed by atoms with Gasteiger partial charge in [-0.15, -0.1) is 0 Å². The molecule has 1 aliphatic heterocycles. The van der Waals surface area contributed by atoms with Crippen LogP contribution in [0.2, 0.25) is 0 Å². The summed E-state index contributed by atoms with van der Waals surface area (Å²) in [5.74, 6) is 1.08. The van der Waals surface area contributed by atoms with Crippen LogP contribution in [0.25, 0.3) is 0 Å². The Labute approximate surface area is 145 Å². The Kier molecular flexibility index (Phi) is 4.16. The number of nitrogens with one attached hydrogen (secondary N) is 1. The molecule has 126 valence electrons. The molecule has 4 heterocycles. The fraction of sp³-hybridized carbons (Fsp3) is 0.211. The van der Waals surface area contributed by atoms with Gasteiger partial charge in [-0.1, -0.05) is 6.07 Å². The Balaban J connectivity index is 1.48. The van der Waals surface area contributed by atoms with Crippen LogP contribution in [0.15, 0.2) is 59.6 Å². The summed E-state index contributed by atoms with van der Waals surface area (Å²) in [6, 6.07) is 9.29. The average Bonchev–Trinajstić information content (AvgIpc) is 3.21. The summed E-state index contributed by atoms with van der Waals surface area (Å²) in [5.41, 5.74) is 3.50. The van der Waals surface area contributed by atoms with Crippen LogP contribution < -0.4 is 10.2 Å². The number of amides is 1. The van der Waals surface area contributed by atoms with E-state index >= 15 is 0 Å². The monoisotopic (exact) mass is 334 g/mol. The molecule has 4 rings (SSSR count). The van der Waals surface area contributed by atoms with Gasteiger partial charge in [0.15, 0.2) is 5.76 Å². The molecule has 0 aliphatic carbocycles. The van der Waals surface area contributed by atoms with Gasteiger partial charge in [-0.25, -0.2) is 4.98 Å². The van der Waals surface area contributed by atoms with Crippen molar-refractivity contribution in [1.82, 2.24) is 15.3 Å². The number of fused-ring (bicyclic) bond motifs is 1. The lowest BCUT2D eigenvalue weighted by atomic mass is 9.97. The predicted molar refractivity (Wildman–Crippen MR) is 93.1 cm³/mol. The van der Waals surface area contributed by atoms with Crippen molar-refractivity contribution in [1.29, 1.82) is 0 Å². The van der Waals surface area contributed by atoms with Gasteiger partial charge in [-0.2, -0.15) is 0 Å². The Morgan fingerprint density at radius 1 is 1.24 bits per heavy atom. The van der Waals surface area contributed by atoms with Crippen LogP contribution in [0.4, 0.5) is 5.82 Å². The average molecular weight is 334 g/mol. The SMILES string of the molecule is O=C(NCc1cncc2c1CCN(c1ccccn1)C2)c1ccco1. The molecule has 25 heavy (non-hydrogen) atoms. The van der Waals surface area contributed by atoms with E-state index in [1.807, 2.05) is 36.8 Å². The molecule has 0 aromatic carbocycles. The maximum absolute atomic E-state index is 12.0. The smallest absolute Gasteiger partial charge is 0.287 e. The van der Waals surface area contributed by atoms with Crippen LogP contribution in [0, 0.1) is 0 Å². The Morgan fingerprint density at radius 3 is 3.00 bits per heavy atom. The molecule has 6 nitrogen and oxygen atoms in total. The van der Waals surface area contributed by atoms with Crippen LogP contribution in [-0.2, 0) is 19.5 Å². The number of nitrogens with zero attached hydrogens (tertiary/aromatic N) is 3. The van der Waals surface area contributed by atoms with Gasteiger partial charge in [0.1, 0.15) is 5.82 Å². The lowest BCUT2D eigenvalue weighted by molar-refractivity contribution is 0.0923. The van der Waals surface area contributed by atoms with Gasteiger partial charge in [0.25, 0.3) is 5.91 Å². The third kappa shape index (κ3) is 3.24. The van der Waals surface area contributed by atoms with E-state index in [1.54, 1.807) is 12.1 Å². The molecule has 3 aromatic heterocycles. The number of hydrogen-bond acceptors (Lipinski definition) is 5. The largest absolute Gasteiger partial charge is 0.459 e. The van der Waals surface area contributed by atoms with E-state index in [0.717, 1.165) is 30.9 Å². The van der Waals surface area contributed by atoms with Crippen molar-refractivity contribution in [2.45, 2.75) is 19.5 Å². The van der Waals surface area contributed by atoms with Crippen molar-refractivity contribution in [3.05, 3.63) is 77.6 Å². The van der Waals surface area contributed by atoms with Crippen molar-refractivity contribution < 1.29 is 9.21 Å². The number of anilines is 1. The van der Waals surface area contributed by atoms with Gasteiger partial charge < -0.3 is 14.6 Å². The minimum Gasteiger partial charge on any atom is -0.459 e. The Hall–Kier alpha value is -3.15. The van der Waals surface area contributed by atoms with Crippen LogP contribution >= 0.6 is 0 Å². The molecule has 0 fully saturated rings. The van der Waals surface area contributed by atoms with Crippen LogP contribution in [0.5, 0.6) is 0 Å². The zero-order valence-electron chi connectivity index (χ0n) is 13.7. The van der Waals surface area contributed by atoms with Gasteiger partial charge >= 0.3 is 0 Å². The highest BCUT2D eigenvalue weighted by molar-refractivity contribution is 5.91. The number of aromatic nitrogens is 2. The zero-order valence-corrected chi connectivity index (χ0v) is 13.7. The van der Waals surface area contributed by atoms with Gasteiger partial charge in [-0.3, -0.25) is 9.78 Å². The quantitative estimate of drug-likeness (QED) is 0.794. The summed E-state index contributed by atoms with van der Waals surface area (Å²) in [5, 5.41) is 2.90. The molecule has 0 saturated carbocycles. The molecule has 0 radical (unpaired) electrons. The zero-order chi connectivity index (χ0) is 17.1. The van der Waals surface area contributed by atoms with E-state index < -0.39 is 0 Å². The topological polar surface area (TPSA) is 71.3 Å². The molecule has 0 atom stereocenters. The number of furan rings is 1. The highest BCUT2D eigenvalue weighted by Crippen LogP contribution is 2.24. The van der Waals surface area contributed by atoms with E-state index in [0.29, 0.717) is 12.3 Å². The first kappa shape index (κ1) is 15.4. The molecule has 0 unspecified atom stereocenters. The second kappa shape index (κ2) is 6.76. The number of hydrogen-bond donors (Lipinski definition) is 1. The Bertz CT molecular complexity index is 862. The molecule has 0 bridgehead atoms. The van der Waals surface area contributed by atoms with Crippen molar-refractivity contribution in [3.8, 4) is 0 Å². The van der Waals surface area contributed by atoms with E-state index in [4.69, 9.17) is 4.42 Å². The second-order valence-corrected chi connectivity index (χ2v) is 5.96. The van der Waals surface area contributed by atoms with Crippen LogP contribution in [0.1, 0.15) is 27.2 Å². The molecular weight excluding hydrogens is 316 g/mol. The predicted octanol–water partition coefficient (Wildman–Crippen LogP) is 2.56. The molecule has 3 aromatic rings. The summed E-state index contributed by atoms with van der Waals surface area (Å²) in [4.78, 5) is 23.1. The highest BCUT2D eigenvalue weighted by Gasteiger charge is 2.20. The molecule has 0 spiro atoms. The van der Waals surface area contributed by atoms with E-state index in [2.05, 4.69) is 20.2 Å². The standard InChI is InChI=1S/C19H18N4O2/c24-19(17-4-3-9-25-17)22-12-14-10-20-11-15-13-23(8-6-16(14)15)18-5-1-2-7-21-18/h1-5,7,9-11H,6,8,12-13H2,(H,22,24). The van der Waals surface area contributed by atoms with Crippen molar-refractivity contribution >= 4 is 11.7 Å². The fourth-order valence-electron chi connectivity index (χ4n) is 3.13. The minimum atomic E-state index is -0.214. The van der Waals surface area contributed by atoms with Crippen LogP contribution in [-0.4, -0.2) is 22.4 Å². The van der Waals surface area contributed by atoms with E-state index in [1.165, 1.54) is 17.4 Å². The van der Waals surface area contributed by atoms with Gasteiger partial charge in [-0.05, 0) is 47.4 Å². The maximum Gasteiger partial charge on any atom is 0.287 e. The lowest BCUT2D eigenvalue weighted by Gasteiger charge is -2.30. The molecule has 1 aliphatic rings. The van der Waals surface area contributed by atoms with Crippen LogP contribution in [0.3, 0.4) is 0 Å². The second-order valence-electron chi connectivity index (χ2n) is 5.96. The Morgan fingerprint density at radius 2 is 2.20 bits per heavy atom. The highest BCUT2D eigenvalue weighted by atomic mass is 16.3. The molecule has 6 heteroatoms. The lowest BCUT2D eigenvalue weighted by Crippen LogP contribution is -2.32. The first-order valence-corrected chi connectivity index (χ1v) is 8.23. The normalized spacial score (nSPS) is 13.4. The maximum atomic E-state index is 12.0. The number of carbonyl (C=O) groups is 1. The van der Waals surface area contributed by atoms with Gasteiger partial charge in [0.2, 0.25) is 0 Å². The third-order valence-electron chi connectivity index (χ3n) is 4.39. The third-order valence-corrected chi connectivity index (χ3v) is 4.39. The van der Waals surface area contributed by atoms with E-state index in [9.17, 15) is 4.79 Å². The van der Waals surface area contributed by atoms with Gasteiger partial charge in [0.05, 0.1) is 6.26 Å². The minimum absolute atomic E-state index is 0.214. The van der Waals surface area contributed by atoms with Crippen molar-refractivity contribution in [3.63, 3.8) is 0 Å². The van der Waals surface area contributed by atoms with E-state index in [-0.39, 0.29) is 5.91 Å². The molecule has 0 saturated heterocycles. The van der Waals surface area contributed by atoms with Gasteiger partial charge in [0, 0.05) is 38.2 Å². The summed E-state index contributed by atoms with van der Waals surface area (Å²) < 4.78 is 5.12. The summed E-state index contributed by atoms with van der Waals surface area (Å²) in [7, 11) is 0. The summed E-state index contributed by atoms with van der Waals surface area (Å²) in [6.07, 6.45) is 7.94. The first-order chi connectivity index (χ1) is 12.3. The first-order valence-electron chi connectivity index (χ1n) is 8.23. The molecular formula is C19H18N4O2. The van der Waals surface area contributed by atoms with Crippen molar-refractivity contribution in [2.24, 2.45) is 0 Å². The number of pyridine rings is 2. The molecule has 1 N–H and O–H groups in total.